The molecule has 0 bridgehead atoms. The fourth-order valence-corrected chi connectivity index (χ4v) is 3.97. The van der Waals surface area contributed by atoms with E-state index in [-0.39, 0.29) is 18.1 Å². The van der Waals surface area contributed by atoms with Gasteiger partial charge in [0, 0.05) is 46.6 Å². The van der Waals surface area contributed by atoms with Gasteiger partial charge in [0.2, 0.25) is 0 Å². The summed E-state index contributed by atoms with van der Waals surface area (Å²) in [4.78, 5) is 25.1. The summed E-state index contributed by atoms with van der Waals surface area (Å²) < 4.78 is 0.876. The first-order valence-corrected chi connectivity index (χ1v) is 10.6. The topological polar surface area (TPSA) is 99.9 Å². The van der Waals surface area contributed by atoms with Crippen molar-refractivity contribution in [2.45, 2.75) is 26.2 Å². The highest BCUT2D eigenvalue weighted by molar-refractivity contribution is 9.10. The second-order valence-electron chi connectivity index (χ2n) is 7.18. The number of aryl methyl sites for hydroxylation is 1. The van der Waals surface area contributed by atoms with Gasteiger partial charge in [-0.3, -0.25) is 14.9 Å². The average molecular weight is 474 g/mol. The predicted octanol–water partition coefficient (Wildman–Crippen LogP) is 4.22. The third-order valence-electron chi connectivity index (χ3n) is 4.88. The van der Waals surface area contributed by atoms with E-state index in [9.17, 15) is 14.9 Å². The third kappa shape index (κ3) is 5.79. The minimum atomic E-state index is -0.431. The first-order chi connectivity index (χ1) is 14.4. The molecule has 0 atom stereocenters. The van der Waals surface area contributed by atoms with E-state index in [4.69, 9.17) is 0 Å². The molecule has 1 saturated heterocycles. The van der Waals surface area contributed by atoms with Crippen LogP contribution in [0, 0.1) is 17.0 Å². The van der Waals surface area contributed by atoms with E-state index >= 15 is 0 Å². The maximum Gasteiger partial charge on any atom is 0.270 e. The lowest BCUT2D eigenvalue weighted by atomic mass is 10.1. The number of carbonyl (C=O) groups is 1. The van der Waals surface area contributed by atoms with Crippen molar-refractivity contribution >= 4 is 45.1 Å². The zero-order chi connectivity index (χ0) is 21.5. The van der Waals surface area contributed by atoms with Gasteiger partial charge in [0.1, 0.15) is 0 Å². The van der Waals surface area contributed by atoms with E-state index in [0.717, 1.165) is 47.3 Å². The van der Waals surface area contributed by atoms with Crippen LogP contribution in [0.2, 0.25) is 0 Å². The Morgan fingerprint density at radius 3 is 2.70 bits per heavy atom. The number of benzene rings is 2. The lowest BCUT2D eigenvalue weighted by Gasteiger charge is -2.29. The smallest absolute Gasteiger partial charge is 0.270 e. The highest BCUT2D eigenvalue weighted by atomic mass is 79.9. The molecule has 1 heterocycles. The van der Waals surface area contributed by atoms with Crippen molar-refractivity contribution < 1.29 is 9.72 Å². The molecule has 0 spiro atoms. The van der Waals surface area contributed by atoms with Gasteiger partial charge in [-0.25, -0.2) is 5.43 Å². The Labute approximate surface area is 183 Å². The fourth-order valence-electron chi connectivity index (χ4n) is 3.33. The first kappa shape index (κ1) is 21.8. The van der Waals surface area contributed by atoms with Crippen LogP contribution >= 0.6 is 15.9 Å². The number of hydrazone groups is 1. The van der Waals surface area contributed by atoms with Gasteiger partial charge in [-0.1, -0.05) is 6.07 Å². The zero-order valence-electron chi connectivity index (χ0n) is 16.7. The van der Waals surface area contributed by atoms with Gasteiger partial charge in [-0.05, 0) is 65.9 Å². The fraction of sp³-hybridized carbons (Fsp3) is 0.333. The van der Waals surface area contributed by atoms with Crippen LogP contribution in [-0.2, 0) is 4.79 Å². The van der Waals surface area contributed by atoms with E-state index in [1.165, 1.54) is 24.8 Å². The Bertz CT molecular complexity index is 958. The average Bonchev–Trinajstić information content (AvgIpc) is 2.73. The Morgan fingerprint density at radius 1 is 1.23 bits per heavy atom. The monoisotopic (exact) mass is 473 g/mol. The number of anilines is 2. The maximum atomic E-state index is 12.1. The van der Waals surface area contributed by atoms with E-state index in [1.807, 2.05) is 25.1 Å². The van der Waals surface area contributed by atoms with E-state index < -0.39 is 4.92 Å². The molecule has 0 aliphatic carbocycles. The number of non-ortho nitro benzene ring substituents is 1. The zero-order valence-corrected chi connectivity index (χ0v) is 18.3. The Kier molecular flexibility index (Phi) is 7.40. The van der Waals surface area contributed by atoms with Gasteiger partial charge >= 0.3 is 0 Å². The van der Waals surface area contributed by atoms with Gasteiger partial charge in [-0.2, -0.15) is 5.10 Å². The van der Waals surface area contributed by atoms with Crippen LogP contribution in [0.4, 0.5) is 17.1 Å². The number of nitro benzene ring substituents is 1. The molecule has 2 N–H and O–H groups in total. The molecule has 3 rings (SSSR count). The highest BCUT2D eigenvalue weighted by Crippen LogP contribution is 2.27. The van der Waals surface area contributed by atoms with Crippen molar-refractivity contribution in [1.29, 1.82) is 0 Å². The standard InChI is InChI=1S/C21H24BrN5O3/c1-15-5-7-19(18(22)11-15)23-14-21(28)25-24-13-16-12-17(27(29)30)6-8-20(16)26-9-3-2-4-10-26/h5-8,11-13,23H,2-4,9-10,14H2,1H3,(H,25,28)/b24-13+. The highest BCUT2D eigenvalue weighted by Gasteiger charge is 2.17. The lowest BCUT2D eigenvalue weighted by Crippen LogP contribution is -2.30. The van der Waals surface area contributed by atoms with Crippen molar-refractivity contribution in [3.8, 4) is 0 Å². The largest absolute Gasteiger partial charge is 0.375 e. The summed E-state index contributed by atoms with van der Waals surface area (Å²) in [6, 6.07) is 10.5. The van der Waals surface area contributed by atoms with E-state index in [2.05, 4.69) is 36.7 Å². The van der Waals surface area contributed by atoms with Crippen LogP contribution in [-0.4, -0.2) is 36.7 Å². The Balaban J connectivity index is 1.65. The van der Waals surface area contributed by atoms with Crippen LogP contribution in [0.3, 0.4) is 0 Å². The maximum absolute atomic E-state index is 12.1. The Hall–Kier alpha value is -2.94. The second kappa shape index (κ2) is 10.2. The lowest BCUT2D eigenvalue weighted by molar-refractivity contribution is -0.384. The summed E-state index contributed by atoms with van der Waals surface area (Å²) in [6.45, 7) is 3.84. The number of carbonyl (C=O) groups excluding carboxylic acids is 1. The van der Waals surface area contributed by atoms with Crippen LogP contribution in [0.5, 0.6) is 0 Å². The number of rotatable bonds is 7. The summed E-state index contributed by atoms with van der Waals surface area (Å²) in [6.07, 6.45) is 4.83. The van der Waals surface area contributed by atoms with Crippen LogP contribution in [0.15, 0.2) is 46.0 Å². The molecule has 1 fully saturated rings. The minimum absolute atomic E-state index is 0.00516. The molecule has 2 aromatic carbocycles. The first-order valence-electron chi connectivity index (χ1n) is 9.79. The number of nitro groups is 1. The van der Waals surface area contributed by atoms with Crippen LogP contribution < -0.4 is 15.6 Å². The molecule has 0 saturated carbocycles. The number of hydrogen-bond acceptors (Lipinski definition) is 6. The molecular formula is C21H24BrN5O3. The minimum Gasteiger partial charge on any atom is -0.375 e. The number of amides is 1. The predicted molar refractivity (Wildman–Crippen MR) is 122 cm³/mol. The van der Waals surface area contributed by atoms with Crippen LogP contribution in [0.25, 0.3) is 0 Å². The molecule has 30 heavy (non-hydrogen) atoms. The molecule has 1 aliphatic rings. The van der Waals surface area contributed by atoms with Crippen molar-refractivity contribution in [3.63, 3.8) is 0 Å². The normalized spacial score (nSPS) is 14.0. The third-order valence-corrected chi connectivity index (χ3v) is 5.53. The number of nitrogens with zero attached hydrogens (tertiary/aromatic N) is 3. The molecule has 1 amide bonds. The van der Waals surface area contributed by atoms with E-state index in [1.54, 1.807) is 6.07 Å². The van der Waals surface area contributed by atoms with Crippen molar-refractivity contribution in [1.82, 2.24) is 5.43 Å². The molecule has 0 aromatic heterocycles. The number of piperidine rings is 1. The number of nitrogens with one attached hydrogen (secondary N) is 2. The summed E-state index contributed by atoms with van der Waals surface area (Å²) in [7, 11) is 0. The molecule has 2 aromatic rings. The van der Waals surface area contributed by atoms with E-state index in [0.29, 0.717) is 5.56 Å². The Morgan fingerprint density at radius 2 is 2.00 bits per heavy atom. The van der Waals surface area contributed by atoms with Crippen LogP contribution in [0.1, 0.15) is 30.4 Å². The molecule has 1 aliphatic heterocycles. The molecule has 9 heteroatoms. The van der Waals surface area contributed by atoms with Gasteiger partial charge in [-0.15, -0.1) is 0 Å². The molecule has 0 radical (unpaired) electrons. The summed E-state index contributed by atoms with van der Waals surface area (Å²) >= 11 is 3.46. The van der Waals surface area contributed by atoms with Gasteiger partial charge in [0.05, 0.1) is 17.7 Å². The SMILES string of the molecule is Cc1ccc(NCC(=O)N/N=C/c2cc([N+](=O)[O-])ccc2N2CCCCC2)c(Br)c1. The molecule has 0 unspecified atom stereocenters. The summed E-state index contributed by atoms with van der Waals surface area (Å²) in [5, 5.41) is 18.2. The quantitative estimate of drug-likeness (QED) is 0.356. The van der Waals surface area contributed by atoms with Crippen molar-refractivity contribution in [2.24, 2.45) is 5.10 Å². The second-order valence-corrected chi connectivity index (χ2v) is 8.03. The molecular weight excluding hydrogens is 450 g/mol. The molecule has 8 nitrogen and oxygen atoms in total. The number of halogens is 1. The summed E-state index contributed by atoms with van der Waals surface area (Å²) in [5.41, 5.74) is 5.90. The summed E-state index contributed by atoms with van der Waals surface area (Å²) in [5.74, 6) is -0.316. The van der Waals surface area contributed by atoms with Gasteiger partial charge < -0.3 is 10.2 Å². The van der Waals surface area contributed by atoms with Gasteiger partial charge in [0.15, 0.2) is 0 Å². The van der Waals surface area contributed by atoms with Crippen molar-refractivity contribution in [2.75, 3.05) is 29.9 Å². The van der Waals surface area contributed by atoms with Gasteiger partial charge in [0.25, 0.3) is 11.6 Å². The van der Waals surface area contributed by atoms with Crippen molar-refractivity contribution in [3.05, 3.63) is 62.1 Å². The number of hydrogen-bond donors (Lipinski definition) is 2. The molecule has 158 valence electrons.